The summed E-state index contributed by atoms with van der Waals surface area (Å²) in [5.41, 5.74) is 0.715. The lowest BCUT2D eigenvalue weighted by Crippen LogP contribution is -2.73. The van der Waals surface area contributed by atoms with Crippen molar-refractivity contribution in [2.24, 2.45) is 0 Å². The smallest absolute Gasteiger partial charge is 0.397 e. The van der Waals surface area contributed by atoms with Crippen LogP contribution in [0.1, 0.15) is 24.4 Å². The Bertz CT molecular complexity index is 889. The molecule has 162 valence electrons. The summed E-state index contributed by atoms with van der Waals surface area (Å²) in [6, 6.07) is 7.90. The molecule has 1 aromatic carbocycles. The van der Waals surface area contributed by atoms with Crippen molar-refractivity contribution in [3.8, 4) is 0 Å². The average Bonchev–Trinajstić information content (AvgIpc) is 2.67. The van der Waals surface area contributed by atoms with E-state index in [-0.39, 0.29) is 16.8 Å². The second kappa shape index (κ2) is 8.87. The molecule has 1 N–H and O–H groups in total. The molecule has 0 spiro atoms. The van der Waals surface area contributed by atoms with Gasteiger partial charge in [0.25, 0.3) is 5.91 Å². The number of nitrogens with zero attached hydrogens (tertiary/aromatic N) is 2. The minimum absolute atomic E-state index is 0.162. The highest BCUT2D eigenvalue weighted by atomic mass is 127. The van der Waals surface area contributed by atoms with Crippen LogP contribution in [0.25, 0.3) is 0 Å². The van der Waals surface area contributed by atoms with E-state index < -0.39 is 38.4 Å². The first-order valence-corrected chi connectivity index (χ1v) is 14.9. The van der Waals surface area contributed by atoms with Crippen LogP contribution in [0, 0.1) is 0 Å². The lowest BCUT2D eigenvalue weighted by Gasteiger charge is -2.54. The SMILES string of the molecule is C[Si](C)(C)OC(=O)N([C@H](CI)c1ccccc1)[C@@H]1C(=O)N2C(C(=O)O)=C(Cl)CC[C@H]12. The van der Waals surface area contributed by atoms with Crippen LogP contribution < -0.4 is 0 Å². The fraction of sp³-hybridized carbons (Fsp3) is 0.450. The third kappa shape index (κ3) is 4.38. The van der Waals surface area contributed by atoms with Crippen LogP contribution in [0.5, 0.6) is 0 Å². The summed E-state index contributed by atoms with van der Waals surface area (Å²) in [4.78, 5) is 40.8. The summed E-state index contributed by atoms with van der Waals surface area (Å²) in [7, 11) is -2.23. The molecule has 0 saturated carbocycles. The first-order valence-electron chi connectivity index (χ1n) is 9.64. The Hall–Kier alpha value is -1.59. The second-order valence-corrected chi connectivity index (χ2v) is 14.1. The molecule has 0 radical (unpaired) electrons. The predicted octanol–water partition coefficient (Wildman–Crippen LogP) is 4.34. The molecule has 0 aromatic heterocycles. The molecular weight excluding hydrogens is 539 g/mol. The fourth-order valence-electron chi connectivity index (χ4n) is 3.89. The van der Waals surface area contributed by atoms with Gasteiger partial charge < -0.3 is 9.53 Å². The number of amides is 2. The number of carbonyl (C=O) groups excluding carboxylic acids is 2. The molecule has 2 amide bonds. The van der Waals surface area contributed by atoms with Gasteiger partial charge in [0.05, 0.1) is 12.1 Å². The Labute approximate surface area is 195 Å². The number of carboxylic acids is 1. The van der Waals surface area contributed by atoms with Gasteiger partial charge in [-0.15, -0.1) is 0 Å². The lowest BCUT2D eigenvalue weighted by molar-refractivity contribution is -0.160. The molecule has 7 nitrogen and oxygen atoms in total. The van der Waals surface area contributed by atoms with Crippen LogP contribution in [0.3, 0.4) is 0 Å². The van der Waals surface area contributed by atoms with E-state index in [9.17, 15) is 19.5 Å². The van der Waals surface area contributed by atoms with Crippen LogP contribution in [0.4, 0.5) is 4.79 Å². The molecule has 0 bridgehead atoms. The third-order valence-corrected chi connectivity index (χ3v) is 7.11. The van der Waals surface area contributed by atoms with E-state index in [0.29, 0.717) is 17.3 Å². The van der Waals surface area contributed by atoms with Gasteiger partial charge in [0.15, 0.2) is 0 Å². The number of carboxylic acid groups (broad SMARTS) is 1. The number of halogens is 2. The monoisotopic (exact) mass is 562 g/mol. The van der Waals surface area contributed by atoms with E-state index in [1.165, 1.54) is 9.80 Å². The van der Waals surface area contributed by atoms with Gasteiger partial charge in [-0.3, -0.25) is 14.6 Å². The topological polar surface area (TPSA) is 87.2 Å². The van der Waals surface area contributed by atoms with Crippen LogP contribution in [0.2, 0.25) is 19.6 Å². The minimum atomic E-state index is -2.23. The van der Waals surface area contributed by atoms with Crippen molar-refractivity contribution < 1.29 is 23.9 Å². The summed E-state index contributed by atoms with van der Waals surface area (Å²) >= 11 is 8.30. The Morgan fingerprint density at radius 1 is 1.33 bits per heavy atom. The molecule has 30 heavy (non-hydrogen) atoms. The van der Waals surface area contributed by atoms with Crippen molar-refractivity contribution in [2.45, 2.75) is 50.6 Å². The van der Waals surface area contributed by atoms with E-state index in [1.807, 2.05) is 50.0 Å². The van der Waals surface area contributed by atoms with Crippen molar-refractivity contribution in [3.63, 3.8) is 0 Å². The summed E-state index contributed by atoms with van der Waals surface area (Å²) < 4.78 is 6.34. The maximum absolute atomic E-state index is 13.3. The third-order valence-electron chi connectivity index (χ3n) is 5.12. The van der Waals surface area contributed by atoms with Crippen molar-refractivity contribution >= 4 is 60.5 Å². The summed E-state index contributed by atoms with van der Waals surface area (Å²) in [6.07, 6.45) is 0.312. The summed E-state index contributed by atoms with van der Waals surface area (Å²) in [5.74, 6) is -1.67. The maximum Gasteiger partial charge on any atom is 0.397 e. The molecule has 3 atom stereocenters. The Kier molecular flexibility index (Phi) is 6.83. The quantitative estimate of drug-likeness (QED) is 0.241. The number of hydrogen-bond donors (Lipinski definition) is 1. The highest BCUT2D eigenvalue weighted by Gasteiger charge is 2.58. The number of benzene rings is 1. The lowest BCUT2D eigenvalue weighted by atomic mass is 9.84. The second-order valence-electron chi connectivity index (χ2n) is 8.29. The van der Waals surface area contributed by atoms with E-state index in [4.69, 9.17) is 16.0 Å². The van der Waals surface area contributed by atoms with Crippen LogP contribution in [-0.4, -0.2) is 57.7 Å². The molecule has 2 heterocycles. The van der Waals surface area contributed by atoms with Gasteiger partial charge in [0.1, 0.15) is 11.7 Å². The zero-order valence-electron chi connectivity index (χ0n) is 17.0. The van der Waals surface area contributed by atoms with Gasteiger partial charge in [-0.2, -0.15) is 0 Å². The van der Waals surface area contributed by atoms with Gasteiger partial charge in [0, 0.05) is 9.46 Å². The largest absolute Gasteiger partial charge is 0.504 e. The Morgan fingerprint density at radius 3 is 2.50 bits per heavy atom. The average molecular weight is 563 g/mol. The zero-order valence-corrected chi connectivity index (χ0v) is 20.9. The van der Waals surface area contributed by atoms with Gasteiger partial charge >= 0.3 is 12.1 Å². The van der Waals surface area contributed by atoms with E-state index in [2.05, 4.69) is 22.6 Å². The molecule has 0 aliphatic carbocycles. The number of fused-ring (bicyclic) bond motifs is 1. The van der Waals surface area contributed by atoms with E-state index in [1.54, 1.807) is 0 Å². The molecule has 2 aliphatic heterocycles. The normalized spacial score (nSPS) is 22.2. The molecule has 2 aliphatic rings. The molecule has 0 unspecified atom stereocenters. The molecular formula is C20H24ClIN2O5Si. The zero-order chi connectivity index (χ0) is 22.2. The number of allylic oxidation sites excluding steroid dienone is 1. The molecule has 3 rings (SSSR count). The van der Waals surface area contributed by atoms with Crippen LogP contribution >= 0.6 is 34.2 Å². The molecule has 1 aromatic rings. The number of β-lactam (4-membered cyclic amide) rings is 1. The highest BCUT2D eigenvalue weighted by Crippen LogP contribution is 2.43. The Balaban J connectivity index is 2.00. The number of alkyl halides is 1. The number of rotatable bonds is 6. The van der Waals surface area contributed by atoms with Gasteiger partial charge in [-0.25, -0.2) is 9.59 Å². The standard InChI is InChI=1S/C20H24ClIN2O5Si/c1-30(2,3)29-20(28)24(15(11-22)12-7-5-4-6-8-12)17-14-10-9-13(21)16(19(26)27)23(14)18(17)25/h4-8,14-15,17H,9-11H2,1-3H3,(H,26,27)/t14-,15-,17+/m1/s1. The highest BCUT2D eigenvalue weighted by molar-refractivity contribution is 14.1. The summed E-state index contributed by atoms with van der Waals surface area (Å²) in [6.45, 7) is 5.72. The van der Waals surface area contributed by atoms with Gasteiger partial charge in [-0.1, -0.05) is 64.5 Å². The van der Waals surface area contributed by atoms with Crippen molar-refractivity contribution in [3.05, 3.63) is 46.6 Å². The molecule has 10 heteroatoms. The first-order chi connectivity index (χ1) is 14.1. The van der Waals surface area contributed by atoms with Crippen molar-refractivity contribution in [1.29, 1.82) is 0 Å². The van der Waals surface area contributed by atoms with E-state index in [0.717, 1.165) is 5.56 Å². The minimum Gasteiger partial charge on any atom is -0.504 e. The van der Waals surface area contributed by atoms with E-state index >= 15 is 0 Å². The van der Waals surface area contributed by atoms with Crippen LogP contribution in [-0.2, 0) is 14.0 Å². The Morgan fingerprint density at radius 2 is 1.97 bits per heavy atom. The molecule has 1 saturated heterocycles. The maximum atomic E-state index is 13.3. The predicted molar refractivity (Wildman–Crippen MR) is 124 cm³/mol. The van der Waals surface area contributed by atoms with Gasteiger partial charge in [0.2, 0.25) is 8.32 Å². The number of aliphatic carboxylic acids is 1. The number of carbonyl (C=O) groups is 3. The number of hydrogen-bond acceptors (Lipinski definition) is 4. The van der Waals surface area contributed by atoms with Crippen molar-refractivity contribution in [2.75, 3.05) is 4.43 Å². The van der Waals surface area contributed by atoms with Gasteiger partial charge in [-0.05, 0) is 38.0 Å². The first kappa shape index (κ1) is 23.1. The van der Waals surface area contributed by atoms with Crippen LogP contribution in [0.15, 0.2) is 41.1 Å². The molecule has 1 fully saturated rings. The van der Waals surface area contributed by atoms with Crippen molar-refractivity contribution in [1.82, 2.24) is 9.80 Å². The summed E-state index contributed by atoms with van der Waals surface area (Å²) in [5, 5.41) is 9.69. The fourth-order valence-corrected chi connectivity index (χ4v) is 5.73.